The molecule has 0 radical (unpaired) electrons. The van der Waals surface area contributed by atoms with Gasteiger partial charge >= 0.3 is 0 Å². The molecule has 1 amide bonds. The van der Waals surface area contributed by atoms with E-state index in [1.165, 1.54) is 5.06 Å². The van der Waals surface area contributed by atoms with E-state index in [1.807, 2.05) is 0 Å². The van der Waals surface area contributed by atoms with Crippen molar-refractivity contribution in [2.75, 3.05) is 26.2 Å². The highest BCUT2D eigenvalue weighted by atomic mass is 16.7. The molecule has 3 aliphatic heterocycles. The zero-order valence-corrected chi connectivity index (χ0v) is 13.3. The molecule has 3 aliphatic rings. The summed E-state index contributed by atoms with van der Waals surface area (Å²) in [6, 6.07) is 0.513. The van der Waals surface area contributed by atoms with Crippen molar-refractivity contribution in [3.8, 4) is 0 Å². The van der Waals surface area contributed by atoms with Gasteiger partial charge in [0.25, 0.3) is 5.91 Å². The number of ether oxygens (including phenoxy) is 1. The van der Waals surface area contributed by atoms with Crippen LogP contribution in [0.25, 0.3) is 0 Å². The van der Waals surface area contributed by atoms with Crippen LogP contribution in [-0.2, 0) is 14.4 Å². The van der Waals surface area contributed by atoms with Crippen molar-refractivity contribution in [2.24, 2.45) is 5.92 Å². The summed E-state index contributed by atoms with van der Waals surface area (Å²) in [5, 5.41) is 1.54. The Morgan fingerprint density at radius 2 is 2.05 bits per heavy atom. The number of amides is 1. The van der Waals surface area contributed by atoms with Crippen LogP contribution in [0.3, 0.4) is 0 Å². The quantitative estimate of drug-likeness (QED) is 0.797. The van der Waals surface area contributed by atoms with Crippen LogP contribution in [0.5, 0.6) is 0 Å². The fraction of sp³-hybridized carbons (Fsp3) is 0.938. The molecule has 0 unspecified atom stereocenters. The Bertz CT molecular complexity index is 369. The predicted octanol–water partition coefficient (Wildman–Crippen LogP) is 1.82. The Kier molecular flexibility index (Phi) is 4.82. The number of nitrogens with zero attached hydrogens (tertiary/aromatic N) is 2. The van der Waals surface area contributed by atoms with E-state index in [0.717, 1.165) is 45.2 Å². The van der Waals surface area contributed by atoms with Crippen molar-refractivity contribution in [1.29, 1.82) is 0 Å². The molecule has 5 nitrogen and oxygen atoms in total. The molecule has 0 aromatic heterocycles. The van der Waals surface area contributed by atoms with Crippen LogP contribution in [-0.4, -0.2) is 60.4 Å². The molecule has 3 saturated heterocycles. The summed E-state index contributed by atoms with van der Waals surface area (Å²) in [5.74, 6) is 0.723. The fourth-order valence-electron chi connectivity index (χ4n) is 3.82. The van der Waals surface area contributed by atoms with Crippen molar-refractivity contribution >= 4 is 5.91 Å². The number of carbonyl (C=O) groups is 1. The van der Waals surface area contributed by atoms with Crippen molar-refractivity contribution in [3.63, 3.8) is 0 Å². The molecule has 21 heavy (non-hydrogen) atoms. The molecule has 0 aromatic rings. The fourth-order valence-corrected chi connectivity index (χ4v) is 3.82. The second-order valence-electron chi connectivity index (χ2n) is 6.97. The number of fused-ring (bicyclic) bond motifs is 1. The van der Waals surface area contributed by atoms with Crippen molar-refractivity contribution in [3.05, 3.63) is 0 Å². The highest BCUT2D eigenvalue weighted by Crippen LogP contribution is 2.32. The van der Waals surface area contributed by atoms with Gasteiger partial charge in [0, 0.05) is 25.7 Å². The van der Waals surface area contributed by atoms with Gasteiger partial charge in [0.2, 0.25) is 0 Å². The van der Waals surface area contributed by atoms with E-state index in [2.05, 4.69) is 18.7 Å². The van der Waals surface area contributed by atoms with Crippen LogP contribution in [0.15, 0.2) is 0 Å². The summed E-state index contributed by atoms with van der Waals surface area (Å²) in [5.41, 5.74) is 0. The van der Waals surface area contributed by atoms with Crippen LogP contribution in [0.2, 0.25) is 0 Å². The molecular formula is C16H28N2O3. The first-order chi connectivity index (χ1) is 10.1. The van der Waals surface area contributed by atoms with E-state index < -0.39 is 0 Å². The molecule has 0 saturated carbocycles. The monoisotopic (exact) mass is 296 g/mol. The molecule has 0 N–H and O–H groups in total. The minimum absolute atomic E-state index is 0.0375. The minimum Gasteiger partial charge on any atom is -0.363 e. The van der Waals surface area contributed by atoms with Crippen molar-refractivity contribution in [1.82, 2.24) is 9.96 Å². The summed E-state index contributed by atoms with van der Waals surface area (Å²) in [7, 11) is 0. The Balaban J connectivity index is 1.55. The molecule has 3 fully saturated rings. The maximum absolute atomic E-state index is 12.5. The number of likely N-dealkylation sites (tertiary alicyclic amines) is 1. The Morgan fingerprint density at radius 1 is 1.19 bits per heavy atom. The summed E-state index contributed by atoms with van der Waals surface area (Å²) in [4.78, 5) is 20.5. The highest BCUT2D eigenvalue weighted by Gasteiger charge is 2.42. The lowest BCUT2D eigenvalue weighted by Crippen LogP contribution is -2.50. The molecular weight excluding hydrogens is 268 g/mol. The van der Waals surface area contributed by atoms with E-state index in [9.17, 15) is 4.79 Å². The third-order valence-corrected chi connectivity index (χ3v) is 4.79. The second kappa shape index (κ2) is 6.63. The van der Waals surface area contributed by atoms with Gasteiger partial charge in [-0.15, -0.1) is 0 Å². The normalized spacial score (nSPS) is 34.2. The molecule has 5 heteroatoms. The van der Waals surface area contributed by atoms with Gasteiger partial charge in [-0.1, -0.05) is 13.8 Å². The average molecular weight is 296 g/mol. The Morgan fingerprint density at radius 3 is 2.76 bits per heavy atom. The van der Waals surface area contributed by atoms with E-state index in [0.29, 0.717) is 25.1 Å². The lowest BCUT2D eigenvalue weighted by atomic mass is 9.98. The molecule has 3 rings (SSSR count). The molecule has 0 bridgehead atoms. The van der Waals surface area contributed by atoms with Gasteiger partial charge in [0.1, 0.15) is 6.10 Å². The molecule has 0 spiro atoms. The van der Waals surface area contributed by atoms with Gasteiger partial charge in [-0.2, -0.15) is 0 Å². The maximum atomic E-state index is 12.5. The van der Waals surface area contributed by atoms with E-state index in [1.54, 1.807) is 0 Å². The van der Waals surface area contributed by atoms with Gasteiger partial charge in [-0.3, -0.25) is 14.5 Å². The van der Waals surface area contributed by atoms with Crippen molar-refractivity contribution in [2.45, 2.75) is 64.2 Å². The number of hydrogen-bond donors (Lipinski definition) is 0. The van der Waals surface area contributed by atoms with E-state index in [4.69, 9.17) is 9.57 Å². The van der Waals surface area contributed by atoms with Gasteiger partial charge in [0.05, 0.1) is 12.7 Å². The zero-order chi connectivity index (χ0) is 14.8. The second-order valence-corrected chi connectivity index (χ2v) is 6.97. The lowest BCUT2D eigenvalue weighted by molar-refractivity contribution is -0.213. The number of hydrogen-bond acceptors (Lipinski definition) is 4. The summed E-state index contributed by atoms with van der Waals surface area (Å²) < 4.78 is 6.12. The first kappa shape index (κ1) is 15.3. The van der Waals surface area contributed by atoms with E-state index in [-0.39, 0.29) is 18.1 Å². The minimum atomic E-state index is -0.289. The average Bonchev–Trinajstić information content (AvgIpc) is 2.89. The summed E-state index contributed by atoms with van der Waals surface area (Å²) in [6.45, 7) is 8.14. The van der Waals surface area contributed by atoms with Crippen LogP contribution >= 0.6 is 0 Å². The summed E-state index contributed by atoms with van der Waals surface area (Å²) in [6.07, 6.45) is 4.98. The largest absolute Gasteiger partial charge is 0.363 e. The first-order valence-corrected chi connectivity index (χ1v) is 8.49. The molecule has 0 aromatic carbocycles. The maximum Gasteiger partial charge on any atom is 0.275 e. The molecule has 0 aliphatic carbocycles. The topological polar surface area (TPSA) is 42.0 Å². The summed E-state index contributed by atoms with van der Waals surface area (Å²) >= 11 is 0. The van der Waals surface area contributed by atoms with Gasteiger partial charge in [0.15, 0.2) is 0 Å². The highest BCUT2D eigenvalue weighted by molar-refractivity contribution is 5.80. The van der Waals surface area contributed by atoms with E-state index >= 15 is 0 Å². The Labute approximate surface area is 127 Å². The van der Waals surface area contributed by atoms with Crippen LogP contribution in [0.1, 0.15) is 46.0 Å². The standard InChI is InChI=1S/C16H28N2O3/c1-12(2)11-17-9-7-14-13(17)5-6-15(21-14)16(19)18-8-3-4-10-20-18/h12-15H,3-11H2,1-2H3/t13-,14-,15-/m1/s1. The predicted molar refractivity (Wildman–Crippen MR) is 79.6 cm³/mol. The third-order valence-electron chi connectivity index (χ3n) is 4.79. The van der Waals surface area contributed by atoms with Crippen LogP contribution in [0, 0.1) is 5.92 Å². The van der Waals surface area contributed by atoms with Gasteiger partial charge in [-0.05, 0) is 38.0 Å². The molecule has 120 valence electrons. The number of hydroxylamine groups is 2. The Hall–Kier alpha value is -0.650. The number of rotatable bonds is 3. The zero-order valence-electron chi connectivity index (χ0n) is 13.3. The smallest absolute Gasteiger partial charge is 0.275 e. The molecule has 3 atom stereocenters. The first-order valence-electron chi connectivity index (χ1n) is 8.49. The lowest BCUT2D eigenvalue weighted by Gasteiger charge is -2.38. The van der Waals surface area contributed by atoms with Crippen molar-refractivity contribution < 1.29 is 14.4 Å². The third kappa shape index (κ3) is 3.41. The SMILES string of the molecule is CC(C)CN1CC[C@H]2O[C@@H](C(=O)N3CCCCO3)CC[C@H]21. The van der Waals surface area contributed by atoms with Gasteiger partial charge in [-0.25, -0.2) is 5.06 Å². The molecule has 3 heterocycles. The van der Waals surface area contributed by atoms with Crippen LogP contribution < -0.4 is 0 Å². The number of carbonyl (C=O) groups excluding carboxylic acids is 1. The van der Waals surface area contributed by atoms with Crippen LogP contribution in [0.4, 0.5) is 0 Å². The van der Waals surface area contributed by atoms with Gasteiger partial charge < -0.3 is 4.74 Å².